The monoisotopic (exact) mass is 334 g/mol. The summed E-state index contributed by atoms with van der Waals surface area (Å²) in [5.41, 5.74) is 0.493. The molecule has 0 radical (unpaired) electrons. The maximum atomic E-state index is 11.6. The maximum absolute atomic E-state index is 11.6. The smallest absolute Gasteiger partial charge is 0.136 e. The number of aliphatic hydroxyl groups excluding tert-OH is 1. The van der Waals surface area contributed by atoms with Crippen LogP contribution >= 0.6 is 0 Å². The molecule has 4 N–H and O–H groups in total. The topological polar surface area (TPSA) is 93.0 Å². The second-order valence-electron chi connectivity index (χ2n) is 6.93. The number of hydrogen-bond donors (Lipinski definition) is 4. The van der Waals surface area contributed by atoms with Crippen molar-refractivity contribution in [1.29, 1.82) is 0 Å². The molecule has 0 aliphatic carbocycles. The number of phenolic OH excluding ortho intramolecular Hbond substituents is 2. The molecule has 3 unspecified atom stereocenters. The van der Waals surface area contributed by atoms with Gasteiger partial charge < -0.3 is 20.6 Å². The van der Waals surface area contributed by atoms with Crippen molar-refractivity contribution in [1.82, 2.24) is 10.2 Å². The zero-order chi connectivity index (χ0) is 17.1. The minimum atomic E-state index is -0.771. The number of aromatic hydroxyl groups is 2. The van der Waals surface area contributed by atoms with Crippen LogP contribution in [0.3, 0.4) is 0 Å². The Kier molecular flexibility index (Phi) is 5.38. The molecule has 0 saturated carbocycles. The lowest BCUT2D eigenvalue weighted by Crippen LogP contribution is -2.44. The fraction of sp³-hybridized carbons (Fsp3) is 0.611. The largest absolute Gasteiger partial charge is 0.508 e. The number of carbonyl (C=O) groups excluding carboxylic acids is 1. The number of Topliss-reactive ketones (excluding diaryl/α,β-unsaturated/α-hetero) is 1. The summed E-state index contributed by atoms with van der Waals surface area (Å²) in [5.74, 6) is 0.299. The van der Waals surface area contributed by atoms with Crippen LogP contribution in [-0.2, 0) is 4.79 Å². The van der Waals surface area contributed by atoms with E-state index in [1.54, 1.807) is 0 Å². The lowest BCUT2D eigenvalue weighted by Gasteiger charge is -2.33. The Hall–Kier alpha value is -1.63. The second kappa shape index (κ2) is 7.51. The van der Waals surface area contributed by atoms with Gasteiger partial charge in [0.2, 0.25) is 0 Å². The van der Waals surface area contributed by atoms with Crippen molar-refractivity contribution in [2.45, 2.75) is 50.3 Å². The molecule has 6 heteroatoms. The van der Waals surface area contributed by atoms with Crippen LogP contribution in [-0.4, -0.2) is 57.7 Å². The van der Waals surface area contributed by atoms with Crippen LogP contribution in [0.2, 0.25) is 0 Å². The minimum Gasteiger partial charge on any atom is -0.508 e. The number of aliphatic hydroxyl groups is 1. The van der Waals surface area contributed by atoms with E-state index in [-0.39, 0.29) is 11.5 Å². The van der Waals surface area contributed by atoms with Crippen molar-refractivity contribution in [2.24, 2.45) is 0 Å². The van der Waals surface area contributed by atoms with E-state index in [9.17, 15) is 20.1 Å². The number of nitrogens with zero attached hydrogens (tertiary/aromatic N) is 1. The van der Waals surface area contributed by atoms with Gasteiger partial charge in [0.05, 0.1) is 6.10 Å². The van der Waals surface area contributed by atoms with Crippen LogP contribution in [0.5, 0.6) is 11.5 Å². The normalized spacial score (nSPS) is 25.1. The van der Waals surface area contributed by atoms with Crippen LogP contribution < -0.4 is 5.32 Å². The van der Waals surface area contributed by atoms with E-state index in [1.165, 1.54) is 18.2 Å². The molecular formula is C18H26N2O4. The third-order valence-electron chi connectivity index (χ3n) is 5.11. The molecular weight excluding hydrogens is 308 g/mol. The molecule has 6 nitrogen and oxygen atoms in total. The number of carbonyl (C=O) groups is 1. The van der Waals surface area contributed by atoms with Crippen molar-refractivity contribution >= 4 is 5.78 Å². The highest BCUT2D eigenvalue weighted by atomic mass is 16.3. The van der Waals surface area contributed by atoms with Crippen molar-refractivity contribution in [3.05, 3.63) is 23.8 Å². The maximum Gasteiger partial charge on any atom is 0.136 e. The first kappa shape index (κ1) is 17.2. The van der Waals surface area contributed by atoms with E-state index in [2.05, 4.69) is 10.2 Å². The van der Waals surface area contributed by atoms with Crippen molar-refractivity contribution in [3.63, 3.8) is 0 Å². The number of rotatable bonds is 7. The molecule has 0 aromatic heterocycles. The summed E-state index contributed by atoms with van der Waals surface area (Å²) < 4.78 is 0. The molecule has 2 aliphatic rings. The lowest BCUT2D eigenvalue weighted by molar-refractivity contribution is -0.123. The molecule has 3 atom stereocenters. The van der Waals surface area contributed by atoms with Gasteiger partial charge in [0.25, 0.3) is 0 Å². The predicted molar refractivity (Wildman–Crippen MR) is 90.0 cm³/mol. The lowest BCUT2D eigenvalue weighted by atomic mass is 10.0. The van der Waals surface area contributed by atoms with Gasteiger partial charge in [-0.05, 0) is 50.0 Å². The van der Waals surface area contributed by atoms with Gasteiger partial charge in [-0.1, -0.05) is 0 Å². The SMILES string of the molecule is O=C1CC2CCC(C1)N2CCCNCC(O)c1cc(O)cc(O)c1. The number of benzene rings is 1. The average Bonchev–Trinajstić information content (AvgIpc) is 2.76. The van der Waals surface area contributed by atoms with E-state index in [4.69, 9.17) is 0 Å². The molecule has 1 aromatic carbocycles. The Bertz CT molecular complexity index is 556. The number of fused-ring (bicyclic) bond motifs is 2. The first-order chi connectivity index (χ1) is 11.5. The first-order valence-corrected chi connectivity index (χ1v) is 8.72. The number of hydrogen-bond acceptors (Lipinski definition) is 6. The number of ketones is 1. The fourth-order valence-corrected chi connectivity index (χ4v) is 3.98. The highest BCUT2D eigenvalue weighted by molar-refractivity contribution is 5.80. The van der Waals surface area contributed by atoms with Gasteiger partial charge in [-0.2, -0.15) is 0 Å². The van der Waals surface area contributed by atoms with Crippen LogP contribution in [0.1, 0.15) is 43.8 Å². The quantitative estimate of drug-likeness (QED) is 0.562. The van der Waals surface area contributed by atoms with Gasteiger partial charge in [0.15, 0.2) is 0 Å². The van der Waals surface area contributed by atoms with Gasteiger partial charge in [0, 0.05) is 37.5 Å². The number of nitrogens with one attached hydrogen (secondary N) is 1. The first-order valence-electron chi connectivity index (χ1n) is 8.72. The molecule has 0 spiro atoms. The van der Waals surface area contributed by atoms with Crippen LogP contribution in [0.4, 0.5) is 0 Å². The number of piperidine rings is 1. The third kappa shape index (κ3) is 4.06. The molecule has 24 heavy (non-hydrogen) atoms. The van der Waals surface area contributed by atoms with Gasteiger partial charge >= 0.3 is 0 Å². The summed E-state index contributed by atoms with van der Waals surface area (Å²) in [6.45, 7) is 2.14. The molecule has 2 aliphatic heterocycles. The summed E-state index contributed by atoms with van der Waals surface area (Å²) in [6.07, 6.45) is 3.91. The Morgan fingerprint density at radius 2 is 1.75 bits per heavy atom. The van der Waals surface area contributed by atoms with Gasteiger partial charge in [0.1, 0.15) is 17.3 Å². The van der Waals surface area contributed by atoms with E-state index in [1.807, 2.05) is 0 Å². The van der Waals surface area contributed by atoms with E-state index in [0.29, 0.717) is 42.8 Å². The van der Waals surface area contributed by atoms with Crippen molar-refractivity contribution < 1.29 is 20.1 Å². The molecule has 2 saturated heterocycles. The summed E-state index contributed by atoms with van der Waals surface area (Å²) in [5, 5.41) is 32.2. The molecule has 2 bridgehead atoms. The molecule has 1 aromatic rings. The molecule has 3 rings (SSSR count). The van der Waals surface area contributed by atoms with E-state index in [0.717, 1.165) is 32.4 Å². The highest BCUT2D eigenvalue weighted by Crippen LogP contribution is 2.33. The zero-order valence-corrected chi connectivity index (χ0v) is 13.8. The fourth-order valence-electron chi connectivity index (χ4n) is 3.98. The predicted octanol–water partition coefficient (Wildman–Crippen LogP) is 1.31. The minimum absolute atomic E-state index is 0.0563. The van der Waals surface area contributed by atoms with E-state index < -0.39 is 6.10 Å². The zero-order valence-electron chi connectivity index (χ0n) is 13.8. The van der Waals surface area contributed by atoms with Crippen LogP contribution in [0.15, 0.2) is 18.2 Å². The summed E-state index contributed by atoms with van der Waals surface area (Å²) in [7, 11) is 0. The van der Waals surface area contributed by atoms with Crippen LogP contribution in [0.25, 0.3) is 0 Å². The van der Waals surface area contributed by atoms with Gasteiger partial charge in [-0.3, -0.25) is 9.69 Å². The summed E-state index contributed by atoms with van der Waals surface area (Å²) >= 11 is 0. The Balaban J connectivity index is 1.37. The highest BCUT2D eigenvalue weighted by Gasteiger charge is 2.39. The van der Waals surface area contributed by atoms with E-state index >= 15 is 0 Å². The Labute approximate surface area is 142 Å². The third-order valence-corrected chi connectivity index (χ3v) is 5.11. The number of phenols is 2. The average molecular weight is 334 g/mol. The van der Waals surface area contributed by atoms with Crippen molar-refractivity contribution in [2.75, 3.05) is 19.6 Å². The summed E-state index contributed by atoms with van der Waals surface area (Å²) in [6, 6.07) is 5.03. The molecule has 132 valence electrons. The van der Waals surface area contributed by atoms with Gasteiger partial charge in [-0.15, -0.1) is 0 Å². The second-order valence-corrected chi connectivity index (χ2v) is 6.93. The Morgan fingerprint density at radius 1 is 1.12 bits per heavy atom. The standard InChI is InChI=1S/C18H26N2O4/c21-15-6-12(7-16(22)10-15)18(24)11-19-4-1-5-20-13-2-3-14(20)9-17(23)8-13/h6-7,10,13-14,18-19,21-22,24H,1-5,8-9,11H2. The van der Waals surface area contributed by atoms with Crippen LogP contribution in [0, 0.1) is 0 Å². The van der Waals surface area contributed by atoms with Crippen molar-refractivity contribution in [3.8, 4) is 11.5 Å². The summed E-state index contributed by atoms with van der Waals surface area (Å²) in [4.78, 5) is 14.1. The molecule has 2 fully saturated rings. The Morgan fingerprint density at radius 3 is 2.38 bits per heavy atom. The molecule has 2 heterocycles. The molecule has 0 amide bonds. The van der Waals surface area contributed by atoms with Gasteiger partial charge in [-0.25, -0.2) is 0 Å².